The van der Waals surface area contributed by atoms with Crippen molar-refractivity contribution in [2.75, 3.05) is 19.6 Å². The average molecular weight is 226 g/mol. The van der Waals surface area contributed by atoms with Crippen LogP contribution in [0, 0.1) is 11.8 Å². The number of nitrogens with one attached hydrogen (secondary N) is 2. The van der Waals surface area contributed by atoms with Crippen molar-refractivity contribution in [1.82, 2.24) is 10.6 Å². The molecule has 2 heteroatoms. The third-order valence-electron chi connectivity index (χ3n) is 3.48. The van der Waals surface area contributed by atoms with Crippen molar-refractivity contribution in [3.05, 3.63) is 0 Å². The van der Waals surface area contributed by atoms with Crippen molar-refractivity contribution in [2.45, 2.75) is 58.9 Å². The summed E-state index contributed by atoms with van der Waals surface area (Å²) in [7, 11) is 0. The Morgan fingerprint density at radius 2 is 1.69 bits per heavy atom. The van der Waals surface area contributed by atoms with E-state index in [1.807, 2.05) is 0 Å². The fourth-order valence-electron chi connectivity index (χ4n) is 2.42. The van der Waals surface area contributed by atoms with E-state index in [0.717, 1.165) is 24.9 Å². The highest BCUT2D eigenvalue weighted by Gasteiger charge is 2.13. The van der Waals surface area contributed by atoms with Crippen LogP contribution in [0.5, 0.6) is 0 Å². The van der Waals surface area contributed by atoms with Gasteiger partial charge in [-0.25, -0.2) is 0 Å². The fraction of sp³-hybridized carbons (Fsp3) is 1.00. The lowest BCUT2D eigenvalue weighted by molar-refractivity contribution is 0.327. The normalized spacial score (nSPS) is 20.2. The van der Waals surface area contributed by atoms with E-state index in [9.17, 15) is 0 Å². The first-order chi connectivity index (χ1) is 7.68. The number of rotatable bonds is 7. The second-order valence-corrected chi connectivity index (χ2v) is 5.87. The van der Waals surface area contributed by atoms with E-state index in [-0.39, 0.29) is 0 Å². The fourth-order valence-corrected chi connectivity index (χ4v) is 2.42. The standard InChI is InChI=1S/C14H30N2/c1-12(2)9-15-10-13(3)16-11-14-7-5-4-6-8-14/h12-16H,4-11H2,1-3H3. The second kappa shape index (κ2) is 8.08. The van der Waals surface area contributed by atoms with Crippen LogP contribution in [-0.4, -0.2) is 25.7 Å². The molecule has 1 aliphatic carbocycles. The van der Waals surface area contributed by atoms with E-state index in [4.69, 9.17) is 0 Å². The summed E-state index contributed by atoms with van der Waals surface area (Å²) in [5, 5.41) is 7.17. The molecule has 16 heavy (non-hydrogen) atoms. The summed E-state index contributed by atoms with van der Waals surface area (Å²) in [6.45, 7) is 10.3. The number of hydrogen-bond acceptors (Lipinski definition) is 2. The summed E-state index contributed by atoms with van der Waals surface area (Å²) < 4.78 is 0. The van der Waals surface area contributed by atoms with Gasteiger partial charge in [0.2, 0.25) is 0 Å². The molecule has 96 valence electrons. The maximum atomic E-state index is 3.66. The van der Waals surface area contributed by atoms with Crippen molar-refractivity contribution >= 4 is 0 Å². The predicted molar refractivity (Wildman–Crippen MR) is 71.7 cm³/mol. The Balaban J connectivity index is 1.98. The van der Waals surface area contributed by atoms with Crippen LogP contribution in [0.25, 0.3) is 0 Å². The molecule has 2 N–H and O–H groups in total. The van der Waals surface area contributed by atoms with Gasteiger partial charge in [-0.2, -0.15) is 0 Å². The zero-order valence-electron chi connectivity index (χ0n) is 11.4. The Labute approximate surface area is 102 Å². The highest BCUT2D eigenvalue weighted by Crippen LogP contribution is 2.22. The van der Waals surface area contributed by atoms with Crippen LogP contribution in [-0.2, 0) is 0 Å². The van der Waals surface area contributed by atoms with Crippen molar-refractivity contribution in [3.63, 3.8) is 0 Å². The van der Waals surface area contributed by atoms with Gasteiger partial charge >= 0.3 is 0 Å². The molecule has 0 bridgehead atoms. The van der Waals surface area contributed by atoms with Gasteiger partial charge in [-0.1, -0.05) is 33.1 Å². The molecule has 2 nitrogen and oxygen atoms in total. The number of hydrogen-bond donors (Lipinski definition) is 2. The van der Waals surface area contributed by atoms with Crippen LogP contribution in [0.4, 0.5) is 0 Å². The molecule has 0 aromatic rings. The third kappa shape index (κ3) is 6.49. The van der Waals surface area contributed by atoms with Crippen LogP contribution >= 0.6 is 0 Å². The predicted octanol–water partition coefficient (Wildman–Crippen LogP) is 2.79. The van der Waals surface area contributed by atoms with Crippen LogP contribution in [0.15, 0.2) is 0 Å². The minimum atomic E-state index is 0.612. The maximum absolute atomic E-state index is 3.66. The molecule has 0 aromatic carbocycles. The van der Waals surface area contributed by atoms with E-state index in [2.05, 4.69) is 31.4 Å². The van der Waals surface area contributed by atoms with Gasteiger partial charge in [0.25, 0.3) is 0 Å². The first-order valence-corrected chi connectivity index (χ1v) is 7.12. The Morgan fingerprint density at radius 3 is 2.31 bits per heavy atom. The molecule has 1 saturated carbocycles. The second-order valence-electron chi connectivity index (χ2n) is 5.87. The SMILES string of the molecule is CC(C)CNCC(C)NCC1CCCCC1. The molecule has 0 heterocycles. The molecule has 0 aromatic heterocycles. The van der Waals surface area contributed by atoms with Gasteiger partial charge in [-0.15, -0.1) is 0 Å². The van der Waals surface area contributed by atoms with E-state index in [1.54, 1.807) is 0 Å². The van der Waals surface area contributed by atoms with Gasteiger partial charge < -0.3 is 10.6 Å². The largest absolute Gasteiger partial charge is 0.315 e. The molecule has 0 amide bonds. The molecule has 0 spiro atoms. The molecule has 0 aliphatic heterocycles. The van der Waals surface area contributed by atoms with Crippen molar-refractivity contribution in [3.8, 4) is 0 Å². The summed E-state index contributed by atoms with van der Waals surface area (Å²) in [5.41, 5.74) is 0. The van der Waals surface area contributed by atoms with Gasteiger partial charge in [-0.3, -0.25) is 0 Å². The van der Waals surface area contributed by atoms with Gasteiger partial charge in [0.05, 0.1) is 0 Å². The van der Waals surface area contributed by atoms with Crippen LogP contribution in [0.2, 0.25) is 0 Å². The summed E-state index contributed by atoms with van der Waals surface area (Å²) in [4.78, 5) is 0. The summed E-state index contributed by atoms with van der Waals surface area (Å²) in [6.07, 6.45) is 7.25. The lowest BCUT2D eigenvalue weighted by Gasteiger charge is -2.24. The lowest BCUT2D eigenvalue weighted by atomic mass is 9.89. The van der Waals surface area contributed by atoms with E-state index in [1.165, 1.54) is 38.6 Å². The van der Waals surface area contributed by atoms with Crippen molar-refractivity contribution in [1.29, 1.82) is 0 Å². The van der Waals surface area contributed by atoms with Crippen LogP contribution in [0.1, 0.15) is 52.9 Å². The van der Waals surface area contributed by atoms with E-state index >= 15 is 0 Å². The summed E-state index contributed by atoms with van der Waals surface area (Å²) >= 11 is 0. The summed E-state index contributed by atoms with van der Waals surface area (Å²) in [5.74, 6) is 1.70. The topological polar surface area (TPSA) is 24.1 Å². The van der Waals surface area contributed by atoms with Gasteiger partial charge in [0.15, 0.2) is 0 Å². The van der Waals surface area contributed by atoms with E-state index < -0.39 is 0 Å². The highest BCUT2D eigenvalue weighted by molar-refractivity contribution is 4.71. The molecule has 1 aliphatic rings. The molecular weight excluding hydrogens is 196 g/mol. The quantitative estimate of drug-likeness (QED) is 0.697. The molecule has 0 radical (unpaired) electrons. The molecular formula is C14H30N2. The first-order valence-electron chi connectivity index (χ1n) is 7.12. The highest BCUT2D eigenvalue weighted by atomic mass is 15.0. The van der Waals surface area contributed by atoms with Gasteiger partial charge in [0.1, 0.15) is 0 Å². The molecule has 1 atom stereocenters. The maximum Gasteiger partial charge on any atom is 0.0164 e. The first kappa shape index (κ1) is 14.0. The Hall–Kier alpha value is -0.0800. The Bertz CT molecular complexity index is 162. The third-order valence-corrected chi connectivity index (χ3v) is 3.48. The molecule has 1 fully saturated rings. The summed E-state index contributed by atoms with van der Waals surface area (Å²) in [6, 6.07) is 0.612. The van der Waals surface area contributed by atoms with Crippen LogP contribution < -0.4 is 10.6 Å². The zero-order chi connectivity index (χ0) is 11.8. The molecule has 1 rings (SSSR count). The zero-order valence-corrected chi connectivity index (χ0v) is 11.4. The van der Waals surface area contributed by atoms with Crippen molar-refractivity contribution < 1.29 is 0 Å². The minimum Gasteiger partial charge on any atom is -0.315 e. The smallest absolute Gasteiger partial charge is 0.0164 e. The van der Waals surface area contributed by atoms with Gasteiger partial charge in [-0.05, 0) is 44.7 Å². The molecule has 0 saturated heterocycles. The van der Waals surface area contributed by atoms with Crippen molar-refractivity contribution in [2.24, 2.45) is 11.8 Å². The van der Waals surface area contributed by atoms with Crippen LogP contribution in [0.3, 0.4) is 0 Å². The Kier molecular flexibility index (Phi) is 7.06. The monoisotopic (exact) mass is 226 g/mol. The lowest BCUT2D eigenvalue weighted by Crippen LogP contribution is -2.40. The van der Waals surface area contributed by atoms with E-state index in [0.29, 0.717) is 6.04 Å². The average Bonchev–Trinajstić information content (AvgIpc) is 2.27. The molecule has 1 unspecified atom stereocenters. The Morgan fingerprint density at radius 1 is 1.00 bits per heavy atom. The minimum absolute atomic E-state index is 0.612. The van der Waals surface area contributed by atoms with Gasteiger partial charge in [0, 0.05) is 12.6 Å².